The smallest absolute Gasteiger partial charge is 0.335 e. The number of nitrogens with zero attached hydrogens (tertiary/aromatic N) is 1. The first kappa shape index (κ1) is 23.2. The number of benzene rings is 3. The minimum atomic E-state index is -0.845. The van der Waals surface area contributed by atoms with Gasteiger partial charge in [0.05, 0.1) is 12.3 Å². The topological polar surface area (TPSA) is 75.7 Å². The third kappa shape index (κ3) is 5.00. The Hall–Kier alpha value is -3.97. The number of halogens is 2. The van der Waals surface area contributed by atoms with Crippen molar-refractivity contribution in [3.05, 3.63) is 99.8 Å². The molecule has 0 spiro atoms. The molecule has 0 saturated carbocycles. The second-order valence-electron chi connectivity index (χ2n) is 7.53. The average molecular weight is 479 g/mol. The van der Waals surface area contributed by atoms with Crippen molar-refractivity contribution in [1.29, 1.82) is 0 Å². The van der Waals surface area contributed by atoms with Gasteiger partial charge in [0, 0.05) is 5.02 Å². The van der Waals surface area contributed by atoms with Gasteiger partial charge < -0.3 is 4.74 Å². The number of imide groups is 2. The summed E-state index contributed by atoms with van der Waals surface area (Å²) in [7, 11) is 0. The lowest BCUT2D eigenvalue weighted by molar-refractivity contribution is -0.122. The van der Waals surface area contributed by atoms with Crippen molar-refractivity contribution >= 4 is 41.2 Å². The SMILES string of the molecule is CCOc1ccc(N2C(=O)NC(=O)/C(=C\c3cc(Cl)ccc3Cc3cccc(F)c3)C2=O)cc1. The van der Waals surface area contributed by atoms with E-state index in [1.807, 2.05) is 6.92 Å². The van der Waals surface area contributed by atoms with Crippen molar-refractivity contribution in [2.75, 3.05) is 11.5 Å². The first-order chi connectivity index (χ1) is 16.4. The number of carbonyl (C=O) groups excluding carboxylic acids is 3. The summed E-state index contributed by atoms with van der Waals surface area (Å²) in [6, 6.07) is 16.7. The summed E-state index contributed by atoms with van der Waals surface area (Å²) in [5.41, 5.74) is 2.02. The lowest BCUT2D eigenvalue weighted by atomic mass is 9.97. The van der Waals surface area contributed by atoms with Gasteiger partial charge in [-0.1, -0.05) is 29.8 Å². The van der Waals surface area contributed by atoms with E-state index in [4.69, 9.17) is 16.3 Å². The maximum absolute atomic E-state index is 13.6. The van der Waals surface area contributed by atoms with E-state index in [0.717, 1.165) is 10.5 Å². The highest BCUT2D eigenvalue weighted by atomic mass is 35.5. The summed E-state index contributed by atoms with van der Waals surface area (Å²) in [5, 5.41) is 2.61. The van der Waals surface area contributed by atoms with Gasteiger partial charge in [0.15, 0.2) is 0 Å². The summed E-state index contributed by atoms with van der Waals surface area (Å²) in [6.07, 6.45) is 1.75. The number of carbonyl (C=O) groups is 3. The molecule has 1 N–H and O–H groups in total. The van der Waals surface area contributed by atoms with Crippen LogP contribution in [0.5, 0.6) is 5.75 Å². The fraction of sp³-hybridized carbons (Fsp3) is 0.115. The molecular formula is C26H20ClFN2O4. The fourth-order valence-electron chi connectivity index (χ4n) is 3.63. The lowest BCUT2D eigenvalue weighted by Gasteiger charge is -2.26. The van der Waals surface area contributed by atoms with Crippen molar-refractivity contribution in [3.8, 4) is 5.75 Å². The molecule has 3 aromatic carbocycles. The quantitative estimate of drug-likeness (QED) is 0.393. The maximum atomic E-state index is 13.6. The van der Waals surface area contributed by atoms with Gasteiger partial charge in [-0.25, -0.2) is 14.1 Å². The van der Waals surface area contributed by atoms with Crippen LogP contribution in [-0.4, -0.2) is 24.5 Å². The summed E-state index contributed by atoms with van der Waals surface area (Å²) in [6.45, 7) is 2.32. The zero-order chi connectivity index (χ0) is 24.2. The highest BCUT2D eigenvalue weighted by molar-refractivity contribution is 6.39. The van der Waals surface area contributed by atoms with E-state index in [9.17, 15) is 18.8 Å². The third-order valence-electron chi connectivity index (χ3n) is 5.20. The fourth-order valence-corrected chi connectivity index (χ4v) is 3.81. The lowest BCUT2D eigenvalue weighted by Crippen LogP contribution is -2.54. The summed E-state index contributed by atoms with van der Waals surface area (Å²) in [5.74, 6) is -1.36. The van der Waals surface area contributed by atoms with Gasteiger partial charge in [-0.2, -0.15) is 0 Å². The average Bonchev–Trinajstić information content (AvgIpc) is 2.79. The molecule has 1 saturated heterocycles. The molecule has 0 bridgehead atoms. The van der Waals surface area contributed by atoms with Crippen LogP contribution in [0.3, 0.4) is 0 Å². The van der Waals surface area contributed by atoms with Crippen LogP contribution in [0.4, 0.5) is 14.9 Å². The molecule has 8 heteroatoms. The number of hydrogen-bond donors (Lipinski definition) is 1. The van der Waals surface area contributed by atoms with Crippen LogP contribution in [0.15, 0.2) is 72.3 Å². The van der Waals surface area contributed by atoms with Gasteiger partial charge in [0.1, 0.15) is 17.1 Å². The minimum absolute atomic E-state index is 0.226. The molecule has 1 fully saturated rings. The van der Waals surface area contributed by atoms with Crippen molar-refractivity contribution in [1.82, 2.24) is 5.32 Å². The monoisotopic (exact) mass is 478 g/mol. The first-order valence-corrected chi connectivity index (χ1v) is 10.9. The maximum Gasteiger partial charge on any atom is 0.335 e. The molecule has 6 nitrogen and oxygen atoms in total. The standard InChI is InChI=1S/C26H20ClFN2O4/c1-2-34-22-10-8-21(9-11-22)30-25(32)23(24(31)29-26(30)33)15-18-14-19(27)7-6-17(18)12-16-4-3-5-20(28)13-16/h3-11,13-15H,2,12H2,1H3,(H,29,31,33)/b23-15+. The predicted octanol–water partition coefficient (Wildman–Crippen LogP) is 5.14. The van der Waals surface area contributed by atoms with Crippen molar-refractivity contribution < 1.29 is 23.5 Å². The number of ether oxygens (including phenoxy) is 1. The van der Waals surface area contributed by atoms with Crippen LogP contribution in [-0.2, 0) is 16.0 Å². The molecule has 0 unspecified atom stereocenters. The molecule has 1 aliphatic heterocycles. The Morgan fingerprint density at radius 2 is 1.79 bits per heavy atom. The number of nitrogens with one attached hydrogen (secondary N) is 1. The van der Waals surface area contributed by atoms with E-state index >= 15 is 0 Å². The molecule has 4 amide bonds. The summed E-state index contributed by atoms with van der Waals surface area (Å²) >= 11 is 6.17. The van der Waals surface area contributed by atoms with E-state index in [1.165, 1.54) is 18.2 Å². The Morgan fingerprint density at radius 3 is 2.50 bits per heavy atom. The van der Waals surface area contributed by atoms with E-state index in [2.05, 4.69) is 5.32 Å². The molecule has 3 aromatic rings. The van der Waals surface area contributed by atoms with Gasteiger partial charge >= 0.3 is 6.03 Å². The molecule has 34 heavy (non-hydrogen) atoms. The molecule has 0 aliphatic carbocycles. The van der Waals surface area contributed by atoms with E-state index in [-0.39, 0.29) is 17.1 Å². The molecule has 0 aromatic heterocycles. The Labute approximate surface area is 200 Å². The zero-order valence-corrected chi connectivity index (χ0v) is 18.9. The molecule has 0 radical (unpaired) electrons. The number of barbiturate groups is 1. The number of rotatable bonds is 6. The molecule has 0 atom stereocenters. The molecular weight excluding hydrogens is 459 g/mol. The van der Waals surface area contributed by atoms with Gasteiger partial charge in [-0.3, -0.25) is 14.9 Å². The second-order valence-corrected chi connectivity index (χ2v) is 7.97. The highest BCUT2D eigenvalue weighted by Gasteiger charge is 2.37. The summed E-state index contributed by atoms with van der Waals surface area (Å²) in [4.78, 5) is 39.2. The van der Waals surface area contributed by atoms with Crippen molar-refractivity contribution in [2.45, 2.75) is 13.3 Å². The number of urea groups is 1. The normalized spacial score (nSPS) is 15.0. The van der Waals surface area contributed by atoms with Gasteiger partial charge in [-0.15, -0.1) is 0 Å². The number of amides is 4. The zero-order valence-electron chi connectivity index (χ0n) is 18.2. The molecule has 1 aliphatic rings. The van der Waals surface area contributed by atoms with E-state index < -0.39 is 17.8 Å². The van der Waals surface area contributed by atoms with Gasteiger partial charge in [0.25, 0.3) is 11.8 Å². The largest absolute Gasteiger partial charge is 0.494 e. The van der Waals surface area contributed by atoms with Crippen LogP contribution in [0.2, 0.25) is 5.02 Å². The molecule has 1 heterocycles. The van der Waals surface area contributed by atoms with Gasteiger partial charge in [-0.05, 0) is 84.6 Å². The Balaban J connectivity index is 1.70. The van der Waals surface area contributed by atoms with Gasteiger partial charge in [0.2, 0.25) is 0 Å². The van der Waals surface area contributed by atoms with Crippen LogP contribution < -0.4 is 15.0 Å². The van der Waals surface area contributed by atoms with Crippen LogP contribution in [0, 0.1) is 5.82 Å². The van der Waals surface area contributed by atoms with Crippen molar-refractivity contribution in [3.63, 3.8) is 0 Å². The third-order valence-corrected chi connectivity index (χ3v) is 5.43. The number of hydrogen-bond acceptors (Lipinski definition) is 4. The number of anilines is 1. The molecule has 4 rings (SSSR count). The predicted molar refractivity (Wildman–Crippen MR) is 127 cm³/mol. The van der Waals surface area contributed by atoms with E-state index in [1.54, 1.807) is 54.6 Å². The Kier molecular flexibility index (Phi) is 6.75. The summed E-state index contributed by atoms with van der Waals surface area (Å²) < 4.78 is 19.0. The second kappa shape index (κ2) is 9.89. The molecule has 172 valence electrons. The Morgan fingerprint density at radius 1 is 1.03 bits per heavy atom. The van der Waals surface area contributed by atoms with Crippen molar-refractivity contribution in [2.24, 2.45) is 0 Å². The Bertz CT molecular complexity index is 1300. The minimum Gasteiger partial charge on any atom is -0.494 e. The van der Waals surface area contributed by atoms with Crippen LogP contribution in [0.25, 0.3) is 6.08 Å². The highest BCUT2D eigenvalue weighted by Crippen LogP contribution is 2.27. The van der Waals surface area contributed by atoms with E-state index in [0.29, 0.717) is 34.9 Å². The van der Waals surface area contributed by atoms with Crippen LogP contribution in [0.1, 0.15) is 23.6 Å². The first-order valence-electron chi connectivity index (χ1n) is 10.5. The van der Waals surface area contributed by atoms with Crippen LogP contribution >= 0.6 is 11.6 Å².